The molecule has 0 aromatic heterocycles. The number of aryl methyl sites for hydroxylation is 1. The first-order chi connectivity index (χ1) is 8.56. The Bertz CT molecular complexity index is 373. The summed E-state index contributed by atoms with van der Waals surface area (Å²) in [7, 11) is 0. The van der Waals surface area contributed by atoms with Gasteiger partial charge in [-0.05, 0) is 30.9 Å². The summed E-state index contributed by atoms with van der Waals surface area (Å²) in [4.78, 5) is 12.9. The van der Waals surface area contributed by atoms with E-state index in [0.717, 1.165) is 12.8 Å². The van der Waals surface area contributed by atoms with Gasteiger partial charge in [-0.15, -0.1) is 0 Å². The maximum atomic E-state index is 10.9. The van der Waals surface area contributed by atoms with Crippen molar-refractivity contribution in [3.63, 3.8) is 0 Å². The fraction of sp³-hybridized carbons (Fsp3) is 0.533. The predicted molar refractivity (Wildman–Crippen MR) is 73.6 cm³/mol. The number of nitrogens with zero attached hydrogens (tertiary/aromatic N) is 1. The Kier molecular flexibility index (Phi) is 5.86. The summed E-state index contributed by atoms with van der Waals surface area (Å²) in [6.45, 7) is 7.09. The number of aliphatic carboxylic acids is 1. The molecule has 1 aromatic carbocycles. The van der Waals surface area contributed by atoms with Gasteiger partial charge in [-0.1, -0.05) is 38.1 Å². The Hall–Kier alpha value is -1.35. The molecule has 0 saturated carbocycles. The summed E-state index contributed by atoms with van der Waals surface area (Å²) in [6, 6.07) is 8.70. The van der Waals surface area contributed by atoms with Crippen molar-refractivity contribution in [2.24, 2.45) is 0 Å². The summed E-state index contributed by atoms with van der Waals surface area (Å²) in [5, 5.41) is 8.95. The highest BCUT2D eigenvalue weighted by Crippen LogP contribution is 2.12. The molecule has 1 N–H and O–H groups in total. The van der Waals surface area contributed by atoms with E-state index in [-0.39, 0.29) is 12.6 Å². The monoisotopic (exact) mass is 249 g/mol. The summed E-state index contributed by atoms with van der Waals surface area (Å²) in [5.41, 5.74) is 2.49. The van der Waals surface area contributed by atoms with E-state index >= 15 is 0 Å². The fourth-order valence-electron chi connectivity index (χ4n) is 1.91. The third-order valence-electron chi connectivity index (χ3n) is 3.37. The van der Waals surface area contributed by atoms with Crippen molar-refractivity contribution >= 4 is 5.97 Å². The van der Waals surface area contributed by atoms with Gasteiger partial charge in [0, 0.05) is 12.6 Å². The third-order valence-corrected chi connectivity index (χ3v) is 3.37. The lowest BCUT2D eigenvalue weighted by Gasteiger charge is -2.26. The van der Waals surface area contributed by atoms with Gasteiger partial charge in [-0.25, -0.2) is 0 Å². The van der Waals surface area contributed by atoms with E-state index in [1.165, 1.54) is 11.1 Å². The molecule has 18 heavy (non-hydrogen) atoms. The quantitative estimate of drug-likeness (QED) is 0.807. The van der Waals surface area contributed by atoms with Crippen molar-refractivity contribution in [2.45, 2.75) is 46.2 Å². The molecule has 0 aliphatic heterocycles. The second-order valence-corrected chi connectivity index (χ2v) is 4.73. The summed E-state index contributed by atoms with van der Waals surface area (Å²) >= 11 is 0. The summed E-state index contributed by atoms with van der Waals surface area (Å²) in [6.07, 6.45) is 1.99. The molecule has 3 nitrogen and oxygen atoms in total. The van der Waals surface area contributed by atoms with Crippen LogP contribution >= 0.6 is 0 Å². The Balaban J connectivity index is 2.71. The van der Waals surface area contributed by atoms with Crippen molar-refractivity contribution < 1.29 is 9.90 Å². The number of carboxylic acids is 1. The molecule has 3 heteroatoms. The van der Waals surface area contributed by atoms with E-state index < -0.39 is 5.97 Å². The molecule has 0 radical (unpaired) electrons. The Morgan fingerprint density at radius 1 is 1.22 bits per heavy atom. The standard InChI is InChI=1S/C15H23NO2/c1-4-12(3)16(11-15(17)18)10-14-8-6-13(5-2)7-9-14/h6-9,12H,4-5,10-11H2,1-3H3,(H,17,18). The molecule has 0 spiro atoms. The van der Waals surface area contributed by atoms with Crippen LogP contribution in [-0.4, -0.2) is 28.6 Å². The predicted octanol–water partition coefficient (Wildman–Crippen LogP) is 2.93. The van der Waals surface area contributed by atoms with Gasteiger partial charge in [0.25, 0.3) is 0 Å². The van der Waals surface area contributed by atoms with Gasteiger partial charge in [-0.2, -0.15) is 0 Å². The minimum absolute atomic E-state index is 0.102. The van der Waals surface area contributed by atoms with E-state index in [2.05, 4.69) is 45.0 Å². The number of hydrogen-bond acceptors (Lipinski definition) is 2. The van der Waals surface area contributed by atoms with Gasteiger partial charge < -0.3 is 5.11 Å². The van der Waals surface area contributed by atoms with Gasteiger partial charge in [0.2, 0.25) is 0 Å². The molecule has 1 aromatic rings. The first-order valence-corrected chi connectivity index (χ1v) is 6.60. The zero-order chi connectivity index (χ0) is 13.5. The van der Waals surface area contributed by atoms with Crippen LogP contribution in [0, 0.1) is 0 Å². The van der Waals surface area contributed by atoms with Gasteiger partial charge in [0.15, 0.2) is 0 Å². The van der Waals surface area contributed by atoms with Crippen LogP contribution in [0.4, 0.5) is 0 Å². The van der Waals surface area contributed by atoms with Crippen LogP contribution in [0.25, 0.3) is 0 Å². The molecule has 0 fully saturated rings. The van der Waals surface area contributed by atoms with Crippen LogP contribution in [0.1, 0.15) is 38.3 Å². The van der Waals surface area contributed by atoms with Crippen LogP contribution in [-0.2, 0) is 17.8 Å². The van der Waals surface area contributed by atoms with E-state index in [1.54, 1.807) is 0 Å². The van der Waals surface area contributed by atoms with Crippen molar-refractivity contribution in [3.8, 4) is 0 Å². The van der Waals surface area contributed by atoms with Gasteiger partial charge in [-0.3, -0.25) is 9.69 Å². The topological polar surface area (TPSA) is 40.5 Å². The fourth-order valence-corrected chi connectivity index (χ4v) is 1.91. The lowest BCUT2D eigenvalue weighted by atomic mass is 10.1. The smallest absolute Gasteiger partial charge is 0.317 e. The zero-order valence-corrected chi connectivity index (χ0v) is 11.5. The lowest BCUT2D eigenvalue weighted by Crippen LogP contribution is -2.36. The minimum Gasteiger partial charge on any atom is -0.480 e. The van der Waals surface area contributed by atoms with Crippen molar-refractivity contribution in [2.75, 3.05) is 6.54 Å². The first-order valence-electron chi connectivity index (χ1n) is 6.60. The molecule has 0 aliphatic rings. The van der Waals surface area contributed by atoms with Crippen LogP contribution in [0.15, 0.2) is 24.3 Å². The maximum absolute atomic E-state index is 10.9. The second kappa shape index (κ2) is 7.17. The number of carboxylic acid groups (broad SMARTS) is 1. The van der Waals surface area contributed by atoms with Crippen molar-refractivity contribution in [1.29, 1.82) is 0 Å². The molecule has 0 saturated heterocycles. The van der Waals surface area contributed by atoms with E-state index in [9.17, 15) is 4.79 Å². The first kappa shape index (κ1) is 14.7. The second-order valence-electron chi connectivity index (χ2n) is 4.73. The van der Waals surface area contributed by atoms with E-state index in [0.29, 0.717) is 6.54 Å². The normalized spacial score (nSPS) is 12.7. The Morgan fingerprint density at radius 2 is 1.78 bits per heavy atom. The maximum Gasteiger partial charge on any atom is 0.317 e. The summed E-state index contributed by atoms with van der Waals surface area (Å²) in [5.74, 6) is -0.763. The molecule has 1 atom stereocenters. The highest BCUT2D eigenvalue weighted by molar-refractivity contribution is 5.69. The van der Waals surface area contributed by atoms with Gasteiger partial charge in [0.1, 0.15) is 0 Å². The molecule has 1 unspecified atom stereocenters. The minimum atomic E-state index is -0.763. The molecule has 0 aliphatic carbocycles. The van der Waals surface area contributed by atoms with E-state index in [1.807, 2.05) is 4.90 Å². The number of benzene rings is 1. The van der Waals surface area contributed by atoms with Gasteiger partial charge in [0.05, 0.1) is 6.54 Å². The van der Waals surface area contributed by atoms with Crippen LogP contribution < -0.4 is 0 Å². The van der Waals surface area contributed by atoms with E-state index in [4.69, 9.17) is 5.11 Å². The molecule has 0 bridgehead atoms. The molecule has 100 valence electrons. The largest absolute Gasteiger partial charge is 0.480 e. The molecular weight excluding hydrogens is 226 g/mol. The van der Waals surface area contributed by atoms with Gasteiger partial charge >= 0.3 is 5.97 Å². The van der Waals surface area contributed by atoms with Crippen LogP contribution in [0.5, 0.6) is 0 Å². The molecular formula is C15H23NO2. The van der Waals surface area contributed by atoms with Crippen molar-refractivity contribution in [3.05, 3.63) is 35.4 Å². The number of carbonyl (C=O) groups is 1. The van der Waals surface area contributed by atoms with Crippen LogP contribution in [0.3, 0.4) is 0 Å². The van der Waals surface area contributed by atoms with Crippen molar-refractivity contribution in [1.82, 2.24) is 4.90 Å². The number of hydrogen-bond donors (Lipinski definition) is 1. The molecule has 0 amide bonds. The SMILES string of the molecule is CCc1ccc(CN(CC(=O)O)C(C)CC)cc1. The highest BCUT2D eigenvalue weighted by Gasteiger charge is 2.15. The average molecular weight is 249 g/mol. The third kappa shape index (κ3) is 4.49. The molecule has 0 heterocycles. The zero-order valence-electron chi connectivity index (χ0n) is 11.5. The Morgan fingerprint density at radius 3 is 2.22 bits per heavy atom. The van der Waals surface area contributed by atoms with Crippen LogP contribution in [0.2, 0.25) is 0 Å². The molecule has 1 rings (SSSR count). The summed E-state index contributed by atoms with van der Waals surface area (Å²) < 4.78 is 0. The average Bonchev–Trinajstić information content (AvgIpc) is 2.37. The lowest BCUT2D eigenvalue weighted by molar-refractivity contribution is -0.139. The highest BCUT2D eigenvalue weighted by atomic mass is 16.4. The number of rotatable bonds is 7. The Labute approximate surface area is 109 Å².